The van der Waals surface area contributed by atoms with Gasteiger partial charge in [-0.1, -0.05) is 33.6 Å². The van der Waals surface area contributed by atoms with E-state index >= 15 is 0 Å². The molecule has 2 aliphatic rings. The molecule has 6 heteroatoms. The van der Waals surface area contributed by atoms with Gasteiger partial charge in [-0.05, 0) is 32.1 Å². The van der Waals surface area contributed by atoms with Crippen molar-refractivity contribution in [3.8, 4) is 0 Å². The molecule has 124 valence electrons. The molecule has 1 saturated carbocycles. The van der Waals surface area contributed by atoms with Crippen molar-refractivity contribution in [2.45, 2.75) is 77.9 Å². The molecule has 0 bridgehead atoms. The van der Waals surface area contributed by atoms with Crippen LogP contribution < -0.4 is 10.6 Å². The Hall–Kier alpha value is -1.59. The molecule has 2 atom stereocenters. The van der Waals surface area contributed by atoms with E-state index in [1.165, 1.54) is 0 Å². The second-order valence-corrected chi connectivity index (χ2v) is 7.67. The fourth-order valence-corrected chi connectivity index (χ4v) is 2.98. The summed E-state index contributed by atoms with van der Waals surface area (Å²) in [7, 11) is 0. The van der Waals surface area contributed by atoms with E-state index in [4.69, 9.17) is 0 Å². The zero-order chi connectivity index (χ0) is 16.7. The highest BCUT2D eigenvalue weighted by atomic mass is 16.2. The Morgan fingerprint density at radius 2 is 1.77 bits per heavy atom. The maximum absolute atomic E-state index is 12.6. The molecule has 2 fully saturated rings. The predicted molar refractivity (Wildman–Crippen MR) is 83.1 cm³/mol. The SMILES string of the molecule is CC(C(=O)NC(C)C(C)(C)C)N1C(=O)NC2(CCCC2)C1=O. The number of nitrogens with one attached hydrogen (secondary N) is 2. The zero-order valence-corrected chi connectivity index (χ0v) is 14.2. The summed E-state index contributed by atoms with van der Waals surface area (Å²) in [6.45, 7) is 9.63. The Bertz CT molecular complexity index is 489. The molecule has 1 heterocycles. The van der Waals surface area contributed by atoms with Crippen LogP contribution in [0.1, 0.15) is 60.3 Å². The molecule has 1 saturated heterocycles. The highest BCUT2D eigenvalue weighted by Crippen LogP contribution is 2.35. The molecule has 6 nitrogen and oxygen atoms in total. The first-order valence-electron chi connectivity index (χ1n) is 8.05. The summed E-state index contributed by atoms with van der Waals surface area (Å²) < 4.78 is 0. The summed E-state index contributed by atoms with van der Waals surface area (Å²) in [4.78, 5) is 38.3. The Labute approximate surface area is 132 Å². The lowest BCUT2D eigenvalue weighted by Crippen LogP contribution is -2.53. The third-order valence-electron chi connectivity index (χ3n) is 5.07. The molecule has 22 heavy (non-hydrogen) atoms. The summed E-state index contributed by atoms with van der Waals surface area (Å²) in [6, 6.07) is -1.29. The van der Waals surface area contributed by atoms with Crippen molar-refractivity contribution < 1.29 is 14.4 Å². The van der Waals surface area contributed by atoms with Gasteiger partial charge < -0.3 is 10.6 Å². The summed E-state index contributed by atoms with van der Waals surface area (Å²) in [6.07, 6.45) is 3.20. The normalized spacial score (nSPS) is 23.6. The number of hydrogen-bond acceptors (Lipinski definition) is 3. The van der Waals surface area contributed by atoms with Gasteiger partial charge in [0.2, 0.25) is 5.91 Å². The minimum absolute atomic E-state index is 0.0522. The van der Waals surface area contributed by atoms with Crippen molar-refractivity contribution in [2.24, 2.45) is 5.41 Å². The van der Waals surface area contributed by atoms with Gasteiger partial charge >= 0.3 is 6.03 Å². The first kappa shape index (κ1) is 16.8. The maximum Gasteiger partial charge on any atom is 0.325 e. The van der Waals surface area contributed by atoms with Crippen LogP contribution in [0.25, 0.3) is 0 Å². The van der Waals surface area contributed by atoms with Gasteiger partial charge in [0.05, 0.1) is 0 Å². The smallest absolute Gasteiger partial charge is 0.325 e. The molecule has 2 N–H and O–H groups in total. The Kier molecular flexibility index (Phi) is 4.24. The van der Waals surface area contributed by atoms with E-state index in [0.29, 0.717) is 12.8 Å². The number of amides is 4. The Morgan fingerprint density at radius 3 is 2.27 bits per heavy atom. The van der Waals surface area contributed by atoms with E-state index in [0.717, 1.165) is 17.7 Å². The number of rotatable bonds is 3. The fraction of sp³-hybridized carbons (Fsp3) is 0.812. The minimum Gasteiger partial charge on any atom is -0.351 e. The summed E-state index contributed by atoms with van der Waals surface area (Å²) >= 11 is 0. The first-order valence-corrected chi connectivity index (χ1v) is 8.05. The molecule has 2 unspecified atom stereocenters. The molecule has 0 radical (unpaired) electrons. The molecule has 0 aromatic rings. The highest BCUT2D eigenvalue weighted by molar-refractivity contribution is 6.09. The van der Waals surface area contributed by atoms with Crippen molar-refractivity contribution in [2.75, 3.05) is 0 Å². The monoisotopic (exact) mass is 309 g/mol. The van der Waals surface area contributed by atoms with Crippen molar-refractivity contribution >= 4 is 17.8 Å². The van der Waals surface area contributed by atoms with Gasteiger partial charge in [0.25, 0.3) is 5.91 Å². The van der Waals surface area contributed by atoms with Gasteiger partial charge in [-0.2, -0.15) is 0 Å². The minimum atomic E-state index is -0.794. The highest BCUT2D eigenvalue weighted by Gasteiger charge is 2.54. The van der Waals surface area contributed by atoms with Crippen LogP contribution in [0.4, 0.5) is 4.79 Å². The van der Waals surface area contributed by atoms with Gasteiger partial charge in [0, 0.05) is 6.04 Å². The zero-order valence-electron chi connectivity index (χ0n) is 14.2. The third kappa shape index (κ3) is 2.83. The van der Waals surface area contributed by atoms with Crippen molar-refractivity contribution in [1.82, 2.24) is 15.5 Å². The van der Waals surface area contributed by atoms with E-state index in [1.54, 1.807) is 6.92 Å². The number of imide groups is 1. The average molecular weight is 309 g/mol. The lowest BCUT2D eigenvalue weighted by molar-refractivity contribution is -0.138. The maximum atomic E-state index is 12.6. The molecule has 1 aliphatic carbocycles. The summed E-state index contributed by atoms with van der Waals surface area (Å²) in [5, 5.41) is 5.71. The molecule has 0 aromatic carbocycles. The van der Waals surface area contributed by atoms with Crippen LogP contribution in [-0.4, -0.2) is 40.4 Å². The van der Waals surface area contributed by atoms with E-state index in [-0.39, 0.29) is 23.3 Å². The lowest BCUT2D eigenvalue weighted by Gasteiger charge is -2.30. The van der Waals surface area contributed by atoms with Gasteiger partial charge in [0.15, 0.2) is 0 Å². The van der Waals surface area contributed by atoms with Gasteiger partial charge in [0.1, 0.15) is 11.6 Å². The third-order valence-corrected chi connectivity index (χ3v) is 5.07. The van der Waals surface area contributed by atoms with Gasteiger partial charge in [-0.15, -0.1) is 0 Å². The summed E-state index contributed by atoms with van der Waals surface area (Å²) in [5.41, 5.74) is -0.847. The van der Waals surface area contributed by atoms with Crippen LogP contribution in [0.3, 0.4) is 0 Å². The van der Waals surface area contributed by atoms with Crippen LogP contribution in [0.2, 0.25) is 0 Å². The topological polar surface area (TPSA) is 78.5 Å². The molecule has 1 spiro atoms. The van der Waals surface area contributed by atoms with Gasteiger partial charge in [-0.25, -0.2) is 9.69 Å². The first-order chi connectivity index (χ1) is 10.1. The summed E-state index contributed by atoms with van der Waals surface area (Å²) in [5.74, 6) is -0.540. The standard InChI is InChI=1S/C16H27N3O3/c1-10(12(20)17-11(2)15(3,4)5)19-13(21)16(18-14(19)22)8-6-7-9-16/h10-11H,6-9H2,1-5H3,(H,17,20)(H,18,22). The lowest BCUT2D eigenvalue weighted by atomic mass is 9.88. The second kappa shape index (κ2) is 5.56. The Balaban J connectivity index is 2.09. The van der Waals surface area contributed by atoms with Crippen molar-refractivity contribution in [1.29, 1.82) is 0 Å². The fourth-order valence-electron chi connectivity index (χ4n) is 2.98. The van der Waals surface area contributed by atoms with E-state index < -0.39 is 17.6 Å². The van der Waals surface area contributed by atoms with Gasteiger partial charge in [-0.3, -0.25) is 9.59 Å². The average Bonchev–Trinajstić information content (AvgIpc) is 2.95. The van der Waals surface area contributed by atoms with Crippen LogP contribution in [0.15, 0.2) is 0 Å². The van der Waals surface area contributed by atoms with Crippen LogP contribution >= 0.6 is 0 Å². The second-order valence-electron chi connectivity index (χ2n) is 7.67. The van der Waals surface area contributed by atoms with E-state index in [2.05, 4.69) is 10.6 Å². The van der Waals surface area contributed by atoms with Crippen LogP contribution in [0, 0.1) is 5.41 Å². The number of carbonyl (C=O) groups excluding carboxylic acids is 3. The molecule has 4 amide bonds. The molecule has 0 aromatic heterocycles. The number of urea groups is 1. The predicted octanol–water partition coefficient (Wildman–Crippen LogP) is 1.79. The Morgan fingerprint density at radius 1 is 1.23 bits per heavy atom. The molecule has 2 rings (SSSR count). The molecular formula is C16H27N3O3. The van der Waals surface area contributed by atoms with E-state index in [9.17, 15) is 14.4 Å². The number of hydrogen-bond donors (Lipinski definition) is 2. The van der Waals surface area contributed by atoms with Crippen LogP contribution in [0.5, 0.6) is 0 Å². The molecule has 1 aliphatic heterocycles. The van der Waals surface area contributed by atoms with Crippen LogP contribution in [-0.2, 0) is 9.59 Å². The molecular weight excluding hydrogens is 282 g/mol. The number of carbonyl (C=O) groups is 3. The van der Waals surface area contributed by atoms with E-state index in [1.807, 2.05) is 27.7 Å². The quantitative estimate of drug-likeness (QED) is 0.780. The van der Waals surface area contributed by atoms with Crippen molar-refractivity contribution in [3.63, 3.8) is 0 Å². The number of nitrogens with zero attached hydrogens (tertiary/aromatic N) is 1. The largest absolute Gasteiger partial charge is 0.351 e. The van der Waals surface area contributed by atoms with Crippen molar-refractivity contribution in [3.05, 3.63) is 0 Å².